The molecule has 2 aromatic heterocycles. The third-order valence-electron chi connectivity index (χ3n) is 4.17. The first-order valence-corrected chi connectivity index (χ1v) is 8.17. The molecule has 0 radical (unpaired) electrons. The van der Waals surface area contributed by atoms with Gasteiger partial charge in [0.15, 0.2) is 0 Å². The molecule has 7 heteroatoms. The predicted molar refractivity (Wildman–Crippen MR) is 95.7 cm³/mol. The summed E-state index contributed by atoms with van der Waals surface area (Å²) in [4.78, 5) is 39.5. The fraction of sp³-hybridized carbons (Fsp3) is 0.278. The molecule has 7 nitrogen and oxygen atoms in total. The zero-order valence-electron chi connectivity index (χ0n) is 14.0. The van der Waals surface area contributed by atoms with Gasteiger partial charge < -0.3 is 14.9 Å². The lowest BCUT2D eigenvalue weighted by Crippen LogP contribution is -2.32. The summed E-state index contributed by atoms with van der Waals surface area (Å²) in [6.45, 7) is 2.92. The number of carbonyl (C=O) groups is 1. The minimum Gasteiger partial charge on any atom is -0.356 e. The molecule has 0 aliphatic rings. The van der Waals surface area contributed by atoms with E-state index < -0.39 is 11.2 Å². The molecule has 0 saturated carbocycles. The van der Waals surface area contributed by atoms with Gasteiger partial charge in [0.05, 0.1) is 6.42 Å². The first-order valence-electron chi connectivity index (χ1n) is 8.17. The lowest BCUT2D eigenvalue weighted by Gasteiger charge is -2.08. The minimum atomic E-state index is -0.564. The smallest absolute Gasteiger partial charge is 0.325 e. The van der Waals surface area contributed by atoms with Crippen LogP contribution < -0.4 is 16.6 Å². The molecule has 2 heterocycles. The Morgan fingerprint density at radius 2 is 1.96 bits per heavy atom. The van der Waals surface area contributed by atoms with Crippen LogP contribution in [0.5, 0.6) is 0 Å². The number of hydrogen-bond donors (Lipinski definition) is 3. The Morgan fingerprint density at radius 1 is 1.16 bits per heavy atom. The molecule has 0 bridgehead atoms. The SMILES string of the molecule is Cc1[nH]c(=O)[nH]c(=O)c1CC(=O)NCCCn1ccc2ccccc21. The number of amides is 1. The number of fused-ring (bicyclic) bond motifs is 1. The van der Waals surface area contributed by atoms with E-state index in [2.05, 4.69) is 38.1 Å². The molecule has 25 heavy (non-hydrogen) atoms. The van der Waals surface area contributed by atoms with Crippen molar-refractivity contribution in [3.63, 3.8) is 0 Å². The van der Waals surface area contributed by atoms with Crippen molar-refractivity contribution in [1.82, 2.24) is 19.9 Å². The van der Waals surface area contributed by atoms with E-state index in [-0.39, 0.29) is 17.9 Å². The quantitative estimate of drug-likeness (QED) is 0.585. The molecule has 0 spiro atoms. The van der Waals surface area contributed by atoms with Crippen LogP contribution in [0.1, 0.15) is 17.7 Å². The van der Waals surface area contributed by atoms with Crippen LogP contribution >= 0.6 is 0 Å². The van der Waals surface area contributed by atoms with E-state index in [9.17, 15) is 14.4 Å². The number of benzene rings is 1. The van der Waals surface area contributed by atoms with Gasteiger partial charge in [-0.05, 0) is 30.9 Å². The Bertz CT molecular complexity index is 1010. The second-order valence-electron chi connectivity index (χ2n) is 5.96. The molecule has 0 fully saturated rings. The number of nitrogens with one attached hydrogen (secondary N) is 3. The first-order chi connectivity index (χ1) is 12.0. The standard InChI is InChI=1S/C18H20N4O3/c1-12-14(17(24)21-18(25)20-12)11-16(23)19-8-4-9-22-10-7-13-5-2-3-6-15(13)22/h2-3,5-7,10H,4,8-9,11H2,1H3,(H,19,23)(H2,20,21,24,25). The van der Waals surface area contributed by atoms with Gasteiger partial charge in [0, 0.05) is 36.1 Å². The van der Waals surface area contributed by atoms with Crippen molar-refractivity contribution < 1.29 is 4.79 Å². The van der Waals surface area contributed by atoms with Crippen molar-refractivity contribution in [2.24, 2.45) is 0 Å². The first kappa shape index (κ1) is 16.8. The fourth-order valence-electron chi connectivity index (χ4n) is 2.87. The average molecular weight is 340 g/mol. The van der Waals surface area contributed by atoms with Gasteiger partial charge in [-0.25, -0.2) is 4.79 Å². The van der Waals surface area contributed by atoms with Gasteiger partial charge in [-0.3, -0.25) is 14.6 Å². The zero-order valence-corrected chi connectivity index (χ0v) is 14.0. The second kappa shape index (κ2) is 7.21. The predicted octanol–water partition coefficient (Wildman–Crippen LogP) is 1.08. The van der Waals surface area contributed by atoms with Crippen LogP contribution in [0.25, 0.3) is 10.9 Å². The molecule has 3 N–H and O–H groups in total. The van der Waals surface area contributed by atoms with Gasteiger partial charge in [0.1, 0.15) is 0 Å². The third kappa shape index (κ3) is 3.88. The van der Waals surface area contributed by atoms with Gasteiger partial charge >= 0.3 is 5.69 Å². The third-order valence-corrected chi connectivity index (χ3v) is 4.17. The van der Waals surface area contributed by atoms with Gasteiger partial charge in [0.2, 0.25) is 5.91 Å². The monoisotopic (exact) mass is 340 g/mol. The van der Waals surface area contributed by atoms with E-state index in [1.54, 1.807) is 6.92 Å². The number of H-pyrrole nitrogens is 2. The highest BCUT2D eigenvalue weighted by Crippen LogP contribution is 2.15. The number of aromatic nitrogens is 3. The average Bonchev–Trinajstić information content (AvgIpc) is 2.98. The van der Waals surface area contributed by atoms with Crippen LogP contribution in [0, 0.1) is 6.92 Å². The molecule has 0 unspecified atom stereocenters. The Kier molecular flexibility index (Phi) is 4.83. The fourth-order valence-corrected chi connectivity index (χ4v) is 2.87. The number of rotatable bonds is 6. The number of carbonyl (C=O) groups excluding carboxylic acids is 1. The number of aryl methyl sites for hydroxylation is 2. The Morgan fingerprint density at radius 3 is 2.76 bits per heavy atom. The van der Waals surface area contributed by atoms with Crippen LogP contribution in [0.15, 0.2) is 46.1 Å². The number of aromatic amines is 2. The Balaban J connectivity index is 1.52. The molecular formula is C18H20N4O3. The maximum atomic E-state index is 12.0. The Hall–Kier alpha value is -3.09. The molecule has 0 aliphatic carbocycles. The number of hydrogen-bond acceptors (Lipinski definition) is 3. The van der Waals surface area contributed by atoms with Crippen LogP contribution in [-0.2, 0) is 17.8 Å². The molecule has 130 valence electrons. The van der Waals surface area contributed by atoms with E-state index in [1.807, 2.05) is 18.3 Å². The van der Waals surface area contributed by atoms with E-state index in [4.69, 9.17) is 0 Å². The second-order valence-corrected chi connectivity index (χ2v) is 5.96. The maximum Gasteiger partial charge on any atom is 0.325 e. The summed E-state index contributed by atoms with van der Waals surface area (Å²) in [5.41, 5.74) is 0.793. The molecule has 3 aromatic rings. The molecule has 0 saturated heterocycles. The number of para-hydroxylation sites is 1. The molecule has 1 aromatic carbocycles. The zero-order chi connectivity index (χ0) is 17.8. The summed E-state index contributed by atoms with van der Waals surface area (Å²) in [6.07, 6.45) is 2.77. The van der Waals surface area contributed by atoms with Crippen molar-refractivity contribution in [3.8, 4) is 0 Å². The number of nitrogens with zero attached hydrogens (tertiary/aromatic N) is 1. The van der Waals surface area contributed by atoms with Crippen molar-refractivity contribution in [2.75, 3.05) is 6.54 Å². The van der Waals surface area contributed by atoms with E-state index >= 15 is 0 Å². The summed E-state index contributed by atoms with van der Waals surface area (Å²) in [6, 6.07) is 10.2. The van der Waals surface area contributed by atoms with Crippen LogP contribution in [0.4, 0.5) is 0 Å². The Labute approximate surface area is 143 Å². The highest BCUT2D eigenvalue weighted by Gasteiger charge is 2.10. The molecule has 0 aliphatic heterocycles. The van der Waals surface area contributed by atoms with Gasteiger partial charge in [-0.1, -0.05) is 18.2 Å². The summed E-state index contributed by atoms with van der Waals surface area (Å²) in [7, 11) is 0. The lowest BCUT2D eigenvalue weighted by molar-refractivity contribution is -0.120. The van der Waals surface area contributed by atoms with Crippen molar-refractivity contribution >= 4 is 16.8 Å². The maximum absolute atomic E-state index is 12.0. The summed E-state index contributed by atoms with van der Waals surface area (Å²) in [5, 5.41) is 4.01. The summed E-state index contributed by atoms with van der Waals surface area (Å²) >= 11 is 0. The van der Waals surface area contributed by atoms with Gasteiger partial charge in [-0.2, -0.15) is 0 Å². The van der Waals surface area contributed by atoms with Crippen molar-refractivity contribution in [2.45, 2.75) is 26.3 Å². The molecule has 1 amide bonds. The van der Waals surface area contributed by atoms with Crippen LogP contribution in [0.3, 0.4) is 0 Å². The van der Waals surface area contributed by atoms with E-state index in [0.717, 1.165) is 13.0 Å². The highest BCUT2D eigenvalue weighted by molar-refractivity contribution is 5.80. The van der Waals surface area contributed by atoms with Crippen LogP contribution in [0.2, 0.25) is 0 Å². The topological polar surface area (TPSA) is 99.8 Å². The largest absolute Gasteiger partial charge is 0.356 e. The van der Waals surface area contributed by atoms with Crippen molar-refractivity contribution in [1.29, 1.82) is 0 Å². The minimum absolute atomic E-state index is 0.0512. The van der Waals surface area contributed by atoms with Crippen LogP contribution in [-0.4, -0.2) is 27.0 Å². The molecular weight excluding hydrogens is 320 g/mol. The lowest BCUT2D eigenvalue weighted by atomic mass is 10.1. The molecule has 3 rings (SSSR count). The normalized spacial score (nSPS) is 10.9. The molecule has 0 atom stereocenters. The summed E-state index contributed by atoms with van der Waals surface area (Å²) < 4.78 is 2.15. The van der Waals surface area contributed by atoms with E-state index in [1.165, 1.54) is 10.9 Å². The summed E-state index contributed by atoms with van der Waals surface area (Å²) in [5.74, 6) is -0.238. The van der Waals surface area contributed by atoms with Gasteiger partial charge in [0.25, 0.3) is 5.56 Å². The highest BCUT2D eigenvalue weighted by atomic mass is 16.2. The van der Waals surface area contributed by atoms with Crippen molar-refractivity contribution in [3.05, 3.63) is 68.6 Å². The van der Waals surface area contributed by atoms with E-state index in [0.29, 0.717) is 12.2 Å². The van der Waals surface area contributed by atoms with Gasteiger partial charge in [-0.15, -0.1) is 0 Å².